The largest absolute Gasteiger partial charge is 0.353 e. The van der Waals surface area contributed by atoms with Gasteiger partial charge in [0.2, 0.25) is 0 Å². The van der Waals surface area contributed by atoms with Crippen molar-refractivity contribution in [2.24, 2.45) is 12.0 Å². The molecular formula is C27H26F2N6O2S. The summed E-state index contributed by atoms with van der Waals surface area (Å²) in [5.74, 6) is 0. The molecule has 5 rings (SSSR count). The average Bonchev–Trinajstić information content (AvgIpc) is 3.42. The highest BCUT2D eigenvalue weighted by atomic mass is 32.2. The van der Waals surface area contributed by atoms with Crippen LogP contribution in [0.3, 0.4) is 0 Å². The molecule has 0 atom stereocenters. The lowest BCUT2D eigenvalue weighted by Gasteiger charge is -2.16. The SMILES string of the molecule is Cc1cccc(Cc2cc(Nc3ccc(-c4cnn(C)c4C)cc3S(C)(=O)=O)c3c(n2)CC(C(F)F)=N3)n1. The fourth-order valence-electron chi connectivity index (χ4n) is 4.47. The third kappa shape index (κ3) is 5.06. The lowest BCUT2D eigenvalue weighted by molar-refractivity contribution is 0.224. The molecule has 196 valence electrons. The molecule has 0 saturated carbocycles. The number of aliphatic imine (C=N–C) groups is 1. The minimum absolute atomic E-state index is 0.0711. The zero-order chi connectivity index (χ0) is 27.2. The zero-order valence-electron chi connectivity index (χ0n) is 21.3. The number of nitrogens with zero attached hydrogens (tertiary/aromatic N) is 5. The fourth-order valence-corrected chi connectivity index (χ4v) is 5.33. The monoisotopic (exact) mass is 536 g/mol. The Morgan fingerprint density at radius 2 is 1.84 bits per heavy atom. The Hall–Kier alpha value is -3.99. The van der Waals surface area contributed by atoms with E-state index in [4.69, 9.17) is 0 Å². The Morgan fingerprint density at radius 1 is 1.05 bits per heavy atom. The molecule has 0 unspecified atom stereocenters. The van der Waals surface area contributed by atoms with Crippen LogP contribution in [0.2, 0.25) is 0 Å². The molecule has 0 radical (unpaired) electrons. The summed E-state index contributed by atoms with van der Waals surface area (Å²) in [6, 6.07) is 12.4. The number of nitrogens with one attached hydrogen (secondary N) is 1. The van der Waals surface area contributed by atoms with Gasteiger partial charge in [-0.15, -0.1) is 0 Å². The van der Waals surface area contributed by atoms with Gasteiger partial charge in [-0.1, -0.05) is 12.1 Å². The minimum Gasteiger partial charge on any atom is -0.353 e. The molecule has 8 nitrogen and oxygen atoms in total. The first-order valence-corrected chi connectivity index (χ1v) is 13.8. The van der Waals surface area contributed by atoms with Crippen LogP contribution in [0.25, 0.3) is 11.1 Å². The van der Waals surface area contributed by atoms with Crippen LogP contribution >= 0.6 is 0 Å². The van der Waals surface area contributed by atoms with Crippen molar-refractivity contribution in [1.29, 1.82) is 0 Å². The molecule has 11 heteroatoms. The van der Waals surface area contributed by atoms with Crippen LogP contribution in [0.15, 0.2) is 58.5 Å². The number of aromatic nitrogens is 4. The quantitative estimate of drug-likeness (QED) is 0.352. The second-order valence-corrected chi connectivity index (χ2v) is 11.3. The molecule has 1 aliphatic rings. The summed E-state index contributed by atoms with van der Waals surface area (Å²) in [6.45, 7) is 3.79. The first-order valence-electron chi connectivity index (χ1n) is 11.9. The van der Waals surface area contributed by atoms with E-state index in [-0.39, 0.29) is 22.7 Å². The third-order valence-electron chi connectivity index (χ3n) is 6.48. The maximum absolute atomic E-state index is 13.5. The van der Waals surface area contributed by atoms with E-state index in [2.05, 4.69) is 25.4 Å². The van der Waals surface area contributed by atoms with E-state index < -0.39 is 16.3 Å². The number of rotatable bonds is 7. The Balaban J connectivity index is 1.59. The molecule has 0 bridgehead atoms. The van der Waals surface area contributed by atoms with Crippen LogP contribution in [0.1, 0.15) is 28.5 Å². The Bertz CT molecular complexity index is 1700. The average molecular weight is 537 g/mol. The number of anilines is 2. The van der Waals surface area contributed by atoms with Gasteiger partial charge in [0, 0.05) is 54.5 Å². The number of alkyl halides is 2. The van der Waals surface area contributed by atoms with Gasteiger partial charge in [0.25, 0.3) is 6.43 Å². The van der Waals surface area contributed by atoms with E-state index in [1.807, 2.05) is 39.1 Å². The maximum atomic E-state index is 13.5. The van der Waals surface area contributed by atoms with E-state index in [1.54, 1.807) is 35.1 Å². The number of hydrogen-bond acceptors (Lipinski definition) is 7. The van der Waals surface area contributed by atoms with Crippen LogP contribution in [0.4, 0.5) is 25.8 Å². The van der Waals surface area contributed by atoms with Gasteiger partial charge in [0.15, 0.2) is 9.84 Å². The molecule has 1 aromatic carbocycles. The van der Waals surface area contributed by atoms with Crippen molar-refractivity contribution >= 4 is 32.6 Å². The zero-order valence-corrected chi connectivity index (χ0v) is 22.1. The highest BCUT2D eigenvalue weighted by molar-refractivity contribution is 7.90. The van der Waals surface area contributed by atoms with Gasteiger partial charge in [-0.25, -0.2) is 22.2 Å². The fraction of sp³-hybridized carbons (Fsp3) is 0.259. The molecule has 0 amide bonds. The molecule has 38 heavy (non-hydrogen) atoms. The van der Waals surface area contributed by atoms with Crippen molar-refractivity contribution in [3.05, 3.63) is 77.1 Å². The number of benzene rings is 1. The van der Waals surface area contributed by atoms with Gasteiger partial charge in [0.05, 0.1) is 33.9 Å². The summed E-state index contributed by atoms with van der Waals surface area (Å²) in [5.41, 5.74) is 5.79. The van der Waals surface area contributed by atoms with Gasteiger partial charge in [0.1, 0.15) is 5.69 Å². The predicted octanol–water partition coefficient (Wildman–Crippen LogP) is 5.13. The first kappa shape index (κ1) is 25.7. The van der Waals surface area contributed by atoms with Crippen LogP contribution in [-0.4, -0.2) is 46.6 Å². The Morgan fingerprint density at radius 3 is 2.50 bits per heavy atom. The summed E-state index contributed by atoms with van der Waals surface area (Å²) >= 11 is 0. The number of halogens is 2. The normalized spacial score (nSPS) is 13.1. The molecule has 0 aliphatic carbocycles. The summed E-state index contributed by atoms with van der Waals surface area (Å²) in [4.78, 5) is 13.3. The molecule has 4 aromatic rings. The van der Waals surface area contributed by atoms with Crippen molar-refractivity contribution in [2.75, 3.05) is 11.6 Å². The van der Waals surface area contributed by atoms with Crippen molar-refractivity contribution < 1.29 is 17.2 Å². The second kappa shape index (κ2) is 9.71. The molecule has 0 fully saturated rings. The summed E-state index contributed by atoms with van der Waals surface area (Å²) in [5, 5.41) is 7.41. The van der Waals surface area contributed by atoms with E-state index >= 15 is 0 Å². The molecule has 3 aromatic heterocycles. The lowest BCUT2D eigenvalue weighted by atomic mass is 10.1. The van der Waals surface area contributed by atoms with Crippen LogP contribution < -0.4 is 5.32 Å². The van der Waals surface area contributed by atoms with Crippen LogP contribution in [0, 0.1) is 13.8 Å². The lowest BCUT2D eigenvalue weighted by Crippen LogP contribution is -2.10. The number of aryl methyl sites for hydroxylation is 2. The third-order valence-corrected chi connectivity index (χ3v) is 7.62. The Labute approximate surface area is 219 Å². The van der Waals surface area contributed by atoms with E-state index in [1.165, 1.54) is 0 Å². The number of pyridine rings is 2. The van der Waals surface area contributed by atoms with Gasteiger partial charge < -0.3 is 5.32 Å². The van der Waals surface area contributed by atoms with Gasteiger partial charge >= 0.3 is 0 Å². The predicted molar refractivity (Wildman–Crippen MR) is 143 cm³/mol. The maximum Gasteiger partial charge on any atom is 0.277 e. The molecule has 1 aliphatic heterocycles. The number of fused-ring (bicyclic) bond motifs is 1. The van der Waals surface area contributed by atoms with Gasteiger partial charge in [-0.05, 0) is 49.7 Å². The van der Waals surface area contributed by atoms with Crippen molar-refractivity contribution in [3.8, 4) is 11.1 Å². The van der Waals surface area contributed by atoms with Crippen molar-refractivity contribution in [1.82, 2.24) is 19.7 Å². The second-order valence-electron chi connectivity index (χ2n) is 9.36. The van der Waals surface area contributed by atoms with E-state index in [9.17, 15) is 17.2 Å². The van der Waals surface area contributed by atoms with Gasteiger partial charge in [-0.3, -0.25) is 14.6 Å². The van der Waals surface area contributed by atoms with E-state index in [0.717, 1.165) is 28.9 Å². The number of sulfone groups is 1. The van der Waals surface area contributed by atoms with Gasteiger partial charge in [-0.2, -0.15) is 5.10 Å². The highest BCUT2D eigenvalue weighted by Gasteiger charge is 2.27. The summed E-state index contributed by atoms with van der Waals surface area (Å²) in [6.07, 6.45) is 0.409. The van der Waals surface area contributed by atoms with Crippen LogP contribution in [-0.2, 0) is 29.7 Å². The molecule has 4 heterocycles. The molecule has 1 N–H and O–H groups in total. The molecular weight excluding hydrogens is 510 g/mol. The topological polar surface area (TPSA) is 102 Å². The van der Waals surface area contributed by atoms with E-state index in [0.29, 0.717) is 34.7 Å². The molecule has 0 saturated heterocycles. The number of hydrogen-bond donors (Lipinski definition) is 1. The summed E-state index contributed by atoms with van der Waals surface area (Å²) in [7, 11) is -1.85. The standard InChI is InChI=1S/C27H26F2N6O2S/c1-15-6-5-7-18(31-15)11-19-12-22(26-23(32-19)13-24(34-26)27(28)29)33-21-9-8-17(10-25(21)38(4,36)37)20-14-30-35(3)16(20)2/h5-10,12,14,27H,11,13H2,1-4H3,(H,32,33). The van der Waals surface area contributed by atoms with Crippen molar-refractivity contribution in [2.45, 2.75) is 38.0 Å². The smallest absolute Gasteiger partial charge is 0.277 e. The van der Waals surface area contributed by atoms with Crippen molar-refractivity contribution in [3.63, 3.8) is 0 Å². The first-order chi connectivity index (χ1) is 18.0. The molecule has 0 spiro atoms. The summed E-state index contributed by atoms with van der Waals surface area (Å²) < 4.78 is 54.4. The minimum atomic E-state index is -3.66. The Kier molecular flexibility index (Phi) is 6.56. The van der Waals surface area contributed by atoms with Crippen LogP contribution in [0.5, 0.6) is 0 Å². The highest BCUT2D eigenvalue weighted by Crippen LogP contribution is 2.39.